The fourth-order valence-electron chi connectivity index (χ4n) is 3.50. The summed E-state index contributed by atoms with van der Waals surface area (Å²) in [5.74, 6) is -2.89. The maximum atomic E-state index is 13.4. The Morgan fingerprint density at radius 1 is 1.03 bits per heavy atom. The minimum atomic E-state index is -1.13. The second kappa shape index (κ2) is 12.3. The van der Waals surface area contributed by atoms with E-state index in [2.05, 4.69) is 10.6 Å². The Balaban J connectivity index is 2.35. The molecule has 1 heterocycles. The van der Waals surface area contributed by atoms with Crippen LogP contribution < -0.4 is 37.6 Å². The zero-order valence-electron chi connectivity index (χ0n) is 19.2. The molecule has 13 heteroatoms. The van der Waals surface area contributed by atoms with Crippen LogP contribution in [-0.2, 0) is 24.0 Å². The van der Waals surface area contributed by atoms with Gasteiger partial charge in [0, 0.05) is 37.3 Å². The van der Waals surface area contributed by atoms with Gasteiger partial charge in [0.15, 0.2) is 0 Å². The van der Waals surface area contributed by atoms with Crippen molar-refractivity contribution in [2.75, 3.05) is 22.9 Å². The van der Waals surface area contributed by atoms with Crippen LogP contribution in [0.15, 0.2) is 36.4 Å². The van der Waals surface area contributed by atoms with Crippen LogP contribution in [0.25, 0.3) is 0 Å². The quantitative estimate of drug-likeness (QED) is 0.176. The molecule has 2 rings (SSSR count). The van der Waals surface area contributed by atoms with E-state index in [0.29, 0.717) is 0 Å². The number of carbonyl (C=O) groups excluding carboxylic acids is 6. The first-order valence-corrected chi connectivity index (χ1v) is 10.9. The maximum absolute atomic E-state index is 13.4. The molecule has 7 amide bonds. The first-order chi connectivity index (χ1) is 16.6. The van der Waals surface area contributed by atoms with Crippen molar-refractivity contribution >= 4 is 46.9 Å². The van der Waals surface area contributed by atoms with Crippen molar-refractivity contribution in [2.45, 2.75) is 38.3 Å². The number of hydrogen-bond donors (Lipinski definition) is 5. The number of primary amides is 2. The van der Waals surface area contributed by atoms with Gasteiger partial charge in [0.1, 0.15) is 12.1 Å². The van der Waals surface area contributed by atoms with Crippen molar-refractivity contribution in [1.29, 1.82) is 0 Å². The molecule has 13 nitrogen and oxygen atoms in total. The topological polar surface area (TPSA) is 211 Å². The lowest BCUT2D eigenvalue weighted by Crippen LogP contribution is -2.55. The van der Waals surface area contributed by atoms with Gasteiger partial charge in [0.05, 0.1) is 5.69 Å². The number of carbonyl (C=O) groups is 6. The number of urea groups is 1. The van der Waals surface area contributed by atoms with Crippen LogP contribution in [0.4, 0.5) is 16.2 Å². The molecule has 0 aromatic heterocycles. The van der Waals surface area contributed by atoms with E-state index in [-0.39, 0.29) is 43.7 Å². The highest BCUT2D eigenvalue weighted by Crippen LogP contribution is 2.26. The molecule has 0 unspecified atom stereocenters. The van der Waals surface area contributed by atoms with Crippen LogP contribution in [0.2, 0.25) is 0 Å². The van der Waals surface area contributed by atoms with Crippen molar-refractivity contribution in [3.05, 3.63) is 36.4 Å². The molecule has 1 aromatic rings. The van der Waals surface area contributed by atoms with E-state index in [0.717, 1.165) is 22.0 Å². The summed E-state index contributed by atoms with van der Waals surface area (Å²) in [6, 6.07) is 2.92. The van der Waals surface area contributed by atoms with Crippen LogP contribution in [0.1, 0.15) is 26.2 Å². The molecule has 8 N–H and O–H groups in total. The number of amides is 7. The highest BCUT2D eigenvalue weighted by molar-refractivity contribution is 6.28. The number of hydrogen-bond acceptors (Lipinski definition) is 7. The zero-order valence-corrected chi connectivity index (χ0v) is 19.2. The van der Waals surface area contributed by atoms with Gasteiger partial charge in [-0.3, -0.25) is 28.9 Å². The van der Waals surface area contributed by atoms with Gasteiger partial charge in [0.2, 0.25) is 17.7 Å². The second-order valence-corrected chi connectivity index (χ2v) is 7.75. The summed E-state index contributed by atoms with van der Waals surface area (Å²) in [5.41, 5.74) is 16.6. The molecule has 0 radical (unpaired) electrons. The van der Waals surface area contributed by atoms with Crippen molar-refractivity contribution in [3.8, 4) is 0 Å². The van der Waals surface area contributed by atoms with Gasteiger partial charge in [-0.1, -0.05) is 0 Å². The molecule has 0 bridgehead atoms. The largest absolute Gasteiger partial charge is 0.368 e. The van der Waals surface area contributed by atoms with Crippen molar-refractivity contribution < 1.29 is 28.8 Å². The average molecular weight is 488 g/mol. The molecule has 1 aromatic carbocycles. The Morgan fingerprint density at radius 2 is 1.63 bits per heavy atom. The molecule has 0 fully saturated rings. The van der Waals surface area contributed by atoms with E-state index in [9.17, 15) is 28.8 Å². The standard InChI is InChI=1S/C22H29N7O6/c1-13(27-17(30)10-11-23)21(34)28(16(20(24)33)3-2-12-26-22(25)35)14-4-6-15(7-5-14)29-18(31)8-9-19(29)32/h4-9,13,16H,2-3,10-12,23H2,1H3,(H2,24,33)(H,27,30)(H3,25,26,35)/t13-,16-/m0/s1. The van der Waals surface area contributed by atoms with E-state index in [1.165, 1.54) is 31.2 Å². The number of imide groups is 1. The van der Waals surface area contributed by atoms with Crippen LogP contribution >= 0.6 is 0 Å². The lowest BCUT2D eigenvalue weighted by atomic mass is 10.1. The summed E-state index contributed by atoms with van der Waals surface area (Å²) < 4.78 is 0. The third-order valence-electron chi connectivity index (χ3n) is 5.15. The summed E-state index contributed by atoms with van der Waals surface area (Å²) in [6.45, 7) is 1.70. The highest BCUT2D eigenvalue weighted by Gasteiger charge is 2.33. The molecule has 1 aliphatic rings. The zero-order chi connectivity index (χ0) is 26.1. The van der Waals surface area contributed by atoms with Crippen LogP contribution in [0.3, 0.4) is 0 Å². The molecule has 0 saturated carbocycles. The lowest BCUT2D eigenvalue weighted by molar-refractivity contribution is -0.128. The van der Waals surface area contributed by atoms with Crippen molar-refractivity contribution in [3.63, 3.8) is 0 Å². The first kappa shape index (κ1) is 27.0. The van der Waals surface area contributed by atoms with E-state index in [4.69, 9.17) is 17.2 Å². The second-order valence-electron chi connectivity index (χ2n) is 7.75. The van der Waals surface area contributed by atoms with Gasteiger partial charge in [0.25, 0.3) is 11.8 Å². The van der Waals surface area contributed by atoms with Gasteiger partial charge in [-0.15, -0.1) is 0 Å². The predicted octanol–water partition coefficient (Wildman–Crippen LogP) is -1.40. The Morgan fingerprint density at radius 3 is 2.14 bits per heavy atom. The third-order valence-corrected chi connectivity index (χ3v) is 5.15. The normalized spacial score (nSPS) is 14.4. The van der Waals surface area contributed by atoms with Gasteiger partial charge >= 0.3 is 6.03 Å². The minimum absolute atomic E-state index is 0.0102. The fraction of sp³-hybridized carbons (Fsp3) is 0.364. The van der Waals surface area contributed by atoms with Gasteiger partial charge in [-0.05, 0) is 44.0 Å². The summed E-state index contributed by atoms with van der Waals surface area (Å²) in [6.07, 6.45) is 2.65. The summed E-state index contributed by atoms with van der Waals surface area (Å²) in [5, 5.41) is 4.93. The molecule has 1 aliphatic heterocycles. The molecular formula is C22H29N7O6. The first-order valence-electron chi connectivity index (χ1n) is 10.9. The molecule has 0 spiro atoms. The van der Waals surface area contributed by atoms with E-state index in [1.807, 2.05) is 0 Å². The molecule has 0 saturated heterocycles. The summed E-state index contributed by atoms with van der Waals surface area (Å²) in [4.78, 5) is 74.6. The monoisotopic (exact) mass is 487 g/mol. The van der Waals surface area contributed by atoms with Crippen LogP contribution in [0, 0.1) is 0 Å². The third kappa shape index (κ3) is 7.11. The van der Waals surface area contributed by atoms with Crippen LogP contribution in [-0.4, -0.2) is 60.7 Å². The number of nitrogens with zero attached hydrogens (tertiary/aromatic N) is 2. The van der Waals surface area contributed by atoms with Crippen LogP contribution in [0.5, 0.6) is 0 Å². The molecular weight excluding hydrogens is 458 g/mol. The highest BCUT2D eigenvalue weighted by atomic mass is 16.2. The van der Waals surface area contributed by atoms with Gasteiger partial charge in [-0.25, -0.2) is 9.69 Å². The minimum Gasteiger partial charge on any atom is -0.368 e. The molecule has 2 atom stereocenters. The maximum Gasteiger partial charge on any atom is 0.312 e. The number of anilines is 2. The number of rotatable bonds is 12. The van der Waals surface area contributed by atoms with Crippen molar-refractivity contribution in [2.24, 2.45) is 17.2 Å². The number of nitrogens with two attached hydrogens (primary N) is 3. The smallest absolute Gasteiger partial charge is 0.312 e. The molecule has 188 valence electrons. The van der Waals surface area contributed by atoms with E-state index < -0.39 is 47.7 Å². The lowest BCUT2D eigenvalue weighted by Gasteiger charge is -2.32. The number of benzene rings is 1. The predicted molar refractivity (Wildman–Crippen MR) is 127 cm³/mol. The Kier molecular flexibility index (Phi) is 9.46. The molecule has 0 aliphatic carbocycles. The van der Waals surface area contributed by atoms with Gasteiger partial charge in [-0.2, -0.15) is 0 Å². The Hall–Kier alpha value is -4.26. The molecule has 35 heavy (non-hydrogen) atoms. The fourth-order valence-corrected chi connectivity index (χ4v) is 3.50. The average Bonchev–Trinajstić information content (AvgIpc) is 3.13. The summed E-state index contributed by atoms with van der Waals surface area (Å²) in [7, 11) is 0. The summed E-state index contributed by atoms with van der Waals surface area (Å²) >= 11 is 0. The van der Waals surface area contributed by atoms with E-state index >= 15 is 0 Å². The van der Waals surface area contributed by atoms with Crippen molar-refractivity contribution in [1.82, 2.24) is 10.6 Å². The Labute approximate surface area is 201 Å². The SMILES string of the molecule is C[C@H](NC(=O)CCN)C(=O)N(c1ccc(N2C(=O)C=CC2=O)cc1)[C@@H](CCCNC(N)=O)C(N)=O. The van der Waals surface area contributed by atoms with E-state index in [1.54, 1.807) is 0 Å². The Bertz CT molecular complexity index is 1010. The van der Waals surface area contributed by atoms with Gasteiger partial charge < -0.3 is 27.8 Å². The number of nitrogens with one attached hydrogen (secondary N) is 2.